The smallest absolute Gasteiger partial charge is 0.319 e. The number of carbonyl (C=O) groups excluding carboxylic acids is 1. The van der Waals surface area contributed by atoms with Gasteiger partial charge in [0, 0.05) is 17.6 Å². The SMILES string of the molecule is NS(=O)(=O)c1ccc(Oc2ccc(NC(=O)N[C@@H]3[C@@H]4CCc5c(F)ccc(F)c5[C@@H]43)cc2)cc1. The van der Waals surface area contributed by atoms with Crippen LogP contribution in [0.25, 0.3) is 0 Å². The van der Waals surface area contributed by atoms with E-state index in [1.807, 2.05) is 0 Å². The molecule has 1 saturated carbocycles. The minimum atomic E-state index is -3.78. The number of fused-ring (bicyclic) bond motifs is 3. The maximum atomic E-state index is 14.3. The summed E-state index contributed by atoms with van der Waals surface area (Å²) in [7, 11) is -3.78. The fraction of sp³-hybridized carbons (Fsp3) is 0.208. The molecule has 10 heteroatoms. The highest BCUT2D eigenvalue weighted by molar-refractivity contribution is 7.89. The van der Waals surface area contributed by atoms with Crippen LogP contribution in [0.4, 0.5) is 19.3 Å². The number of benzene rings is 3. The number of nitrogens with two attached hydrogens (primary N) is 1. The fourth-order valence-corrected chi connectivity index (χ4v) is 5.13. The second-order valence-electron chi connectivity index (χ2n) is 8.42. The van der Waals surface area contributed by atoms with Crippen molar-refractivity contribution in [2.75, 3.05) is 5.32 Å². The highest BCUT2D eigenvalue weighted by Gasteiger charge is 2.55. The number of sulfonamides is 1. The number of primary sulfonamides is 1. The van der Waals surface area contributed by atoms with Crippen molar-refractivity contribution >= 4 is 21.7 Å². The number of ether oxygens (including phenoxy) is 1. The van der Waals surface area contributed by atoms with E-state index in [9.17, 15) is 22.0 Å². The van der Waals surface area contributed by atoms with Gasteiger partial charge in [-0.05, 0) is 90.6 Å². The molecule has 2 aliphatic rings. The van der Waals surface area contributed by atoms with Gasteiger partial charge in [-0.15, -0.1) is 0 Å². The lowest BCUT2D eigenvalue weighted by Gasteiger charge is -2.15. The predicted octanol–water partition coefficient (Wildman–Crippen LogP) is 4.25. The Bertz CT molecular complexity index is 1360. The molecule has 0 radical (unpaired) electrons. The van der Waals surface area contributed by atoms with Crippen molar-refractivity contribution in [2.45, 2.75) is 29.7 Å². The summed E-state index contributed by atoms with van der Waals surface area (Å²) < 4.78 is 56.7. The van der Waals surface area contributed by atoms with Gasteiger partial charge in [-0.2, -0.15) is 0 Å². The van der Waals surface area contributed by atoms with Crippen LogP contribution in [-0.2, 0) is 16.4 Å². The van der Waals surface area contributed by atoms with Gasteiger partial charge in [0.25, 0.3) is 0 Å². The van der Waals surface area contributed by atoms with Gasteiger partial charge in [0.1, 0.15) is 23.1 Å². The number of rotatable bonds is 5. The van der Waals surface area contributed by atoms with E-state index in [2.05, 4.69) is 10.6 Å². The Kier molecular flexibility index (Phi) is 5.49. The monoisotopic (exact) mass is 485 g/mol. The summed E-state index contributed by atoms with van der Waals surface area (Å²) >= 11 is 0. The lowest BCUT2D eigenvalue weighted by Crippen LogP contribution is -2.32. The van der Waals surface area contributed by atoms with Crippen molar-refractivity contribution in [3.63, 3.8) is 0 Å². The first-order valence-electron chi connectivity index (χ1n) is 10.7. The standard InChI is InChI=1S/C24H21F2N3O4S/c25-19-11-12-20(26)21-17(19)9-10-18-22(21)23(18)29-24(30)28-13-1-3-14(4-2-13)33-15-5-7-16(8-6-15)34(27,31)32/h1-8,11-12,18,22-23H,9-10H2,(H2,27,31,32)(H2,28,29,30)/t18-,22-,23-/m1/s1. The highest BCUT2D eigenvalue weighted by atomic mass is 32.2. The normalized spacial score (nSPS) is 20.6. The lowest BCUT2D eigenvalue weighted by atomic mass is 9.91. The Morgan fingerprint density at radius 2 is 1.56 bits per heavy atom. The molecule has 0 aromatic heterocycles. The zero-order chi connectivity index (χ0) is 24.0. The number of urea groups is 1. The van der Waals surface area contributed by atoms with Gasteiger partial charge in [0.15, 0.2) is 0 Å². The summed E-state index contributed by atoms with van der Waals surface area (Å²) in [4.78, 5) is 12.5. The largest absolute Gasteiger partial charge is 0.457 e. The molecule has 4 N–H and O–H groups in total. The molecule has 3 aromatic rings. The van der Waals surface area contributed by atoms with Crippen molar-refractivity contribution in [1.82, 2.24) is 5.32 Å². The Balaban J connectivity index is 1.18. The lowest BCUT2D eigenvalue weighted by molar-refractivity contribution is 0.251. The quantitative estimate of drug-likeness (QED) is 0.502. The first-order valence-corrected chi connectivity index (χ1v) is 12.2. The topological polar surface area (TPSA) is 111 Å². The van der Waals surface area contributed by atoms with Gasteiger partial charge in [-0.25, -0.2) is 27.1 Å². The van der Waals surface area contributed by atoms with E-state index in [1.54, 1.807) is 24.3 Å². The molecule has 176 valence electrons. The summed E-state index contributed by atoms with van der Waals surface area (Å²) in [6.45, 7) is 0. The van der Waals surface area contributed by atoms with Crippen molar-refractivity contribution in [1.29, 1.82) is 0 Å². The fourth-order valence-electron chi connectivity index (χ4n) is 4.62. The number of halogens is 2. The molecule has 0 unspecified atom stereocenters. The average molecular weight is 486 g/mol. The summed E-state index contributed by atoms with van der Waals surface area (Å²) in [6.07, 6.45) is 1.17. The molecule has 3 aromatic carbocycles. The van der Waals surface area contributed by atoms with E-state index >= 15 is 0 Å². The second-order valence-corrected chi connectivity index (χ2v) is 9.98. The van der Waals surface area contributed by atoms with E-state index in [0.717, 1.165) is 12.1 Å². The Labute approximate surface area is 195 Å². The number of anilines is 1. The molecular formula is C24H21F2N3O4S. The maximum Gasteiger partial charge on any atom is 0.319 e. The number of hydrogen-bond donors (Lipinski definition) is 3. The summed E-state index contributed by atoms with van der Waals surface area (Å²) in [6, 6.07) is 13.9. The molecule has 0 bridgehead atoms. The molecule has 34 heavy (non-hydrogen) atoms. The van der Waals surface area contributed by atoms with Crippen molar-refractivity contribution in [2.24, 2.45) is 11.1 Å². The van der Waals surface area contributed by atoms with Crippen LogP contribution in [-0.4, -0.2) is 20.5 Å². The van der Waals surface area contributed by atoms with E-state index < -0.39 is 27.7 Å². The molecule has 2 amide bonds. The van der Waals surface area contributed by atoms with Crippen LogP contribution in [0.2, 0.25) is 0 Å². The zero-order valence-electron chi connectivity index (χ0n) is 17.8. The summed E-state index contributed by atoms with van der Waals surface area (Å²) in [5.74, 6) is -0.0197. The Morgan fingerprint density at radius 3 is 2.21 bits per heavy atom. The van der Waals surface area contributed by atoms with Gasteiger partial charge >= 0.3 is 6.03 Å². The van der Waals surface area contributed by atoms with Crippen LogP contribution >= 0.6 is 0 Å². The van der Waals surface area contributed by atoms with Crippen LogP contribution in [0.1, 0.15) is 23.5 Å². The molecule has 3 atom stereocenters. The highest BCUT2D eigenvalue weighted by Crippen LogP contribution is 2.55. The maximum absolute atomic E-state index is 14.3. The van der Waals surface area contributed by atoms with Crippen LogP contribution < -0.4 is 20.5 Å². The first kappa shape index (κ1) is 22.3. The van der Waals surface area contributed by atoms with Crippen LogP contribution in [0.5, 0.6) is 11.5 Å². The van der Waals surface area contributed by atoms with Crippen molar-refractivity contribution in [3.05, 3.63) is 83.4 Å². The summed E-state index contributed by atoms with van der Waals surface area (Å²) in [5.41, 5.74) is 1.33. The van der Waals surface area contributed by atoms with Crippen molar-refractivity contribution < 1.29 is 26.7 Å². The van der Waals surface area contributed by atoms with Crippen LogP contribution in [0, 0.1) is 17.6 Å². The van der Waals surface area contributed by atoms with Gasteiger partial charge in [0.05, 0.1) is 4.90 Å². The van der Waals surface area contributed by atoms with Crippen LogP contribution in [0.15, 0.2) is 65.6 Å². The van der Waals surface area contributed by atoms with E-state index in [4.69, 9.17) is 9.88 Å². The third kappa shape index (κ3) is 4.34. The average Bonchev–Trinajstić information content (AvgIpc) is 3.49. The molecule has 0 spiro atoms. The van der Waals surface area contributed by atoms with Crippen LogP contribution in [0.3, 0.4) is 0 Å². The number of hydrogen-bond acceptors (Lipinski definition) is 4. The van der Waals surface area contributed by atoms with Gasteiger partial charge < -0.3 is 15.4 Å². The molecule has 0 heterocycles. The first-order chi connectivity index (χ1) is 16.2. The van der Waals surface area contributed by atoms with Gasteiger partial charge in [-0.3, -0.25) is 0 Å². The summed E-state index contributed by atoms with van der Waals surface area (Å²) in [5, 5.41) is 10.7. The number of amides is 2. The molecular weight excluding hydrogens is 464 g/mol. The molecule has 0 aliphatic heterocycles. The minimum absolute atomic E-state index is 0.0164. The van der Waals surface area contributed by atoms with E-state index in [0.29, 0.717) is 41.2 Å². The molecule has 2 aliphatic carbocycles. The van der Waals surface area contributed by atoms with Gasteiger partial charge in [0.2, 0.25) is 10.0 Å². The van der Waals surface area contributed by atoms with Gasteiger partial charge in [-0.1, -0.05) is 0 Å². The molecule has 7 nitrogen and oxygen atoms in total. The third-order valence-electron chi connectivity index (χ3n) is 6.27. The molecule has 1 fully saturated rings. The molecule has 0 saturated heterocycles. The Hall–Kier alpha value is -3.50. The molecule has 5 rings (SSSR count). The number of nitrogens with one attached hydrogen (secondary N) is 2. The van der Waals surface area contributed by atoms with E-state index in [-0.39, 0.29) is 22.8 Å². The van der Waals surface area contributed by atoms with E-state index in [1.165, 1.54) is 24.3 Å². The second kappa shape index (κ2) is 8.37. The van der Waals surface area contributed by atoms with Crippen molar-refractivity contribution in [3.8, 4) is 11.5 Å². The third-order valence-corrected chi connectivity index (χ3v) is 7.20. The predicted molar refractivity (Wildman–Crippen MR) is 121 cm³/mol. The Morgan fingerprint density at radius 1 is 0.941 bits per heavy atom. The minimum Gasteiger partial charge on any atom is -0.457 e. The number of carbonyl (C=O) groups is 1. The zero-order valence-corrected chi connectivity index (χ0v) is 18.6.